The third kappa shape index (κ3) is 6.52. The zero-order valence-corrected chi connectivity index (χ0v) is 10.6. The fourth-order valence-corrected chi connectivity index (χ4v) is 1.83. The summed E-state index contributed by atoms with van der Waals surface area (Å²) in [6, 6.07) is 0.768. The molecule has 0 radical (unpaired) electrons. The van der Waals surface area contributed by atoms with Crippen molar-refractivity contribution in [3.8, 4) is 0 Å². The molecule has 0 saturated carbocycles. The Balaban J connectivity index is 3.90. The average molecular weight is 225 g/mol. The lowest BCUT2D eigenvalue weighted by Crippen LogP contribution is -2.39. The van der Waals surface area contributed by atoms with Crippen LogP contribution in [0, 0.1) is 0 Å². The van der Waals surface area contributed by atoms with Gasteiger partial charge in [0.2, 0.25) is 0 Å². The van der Waals surface area contributed by atoms with Gasteiger partial charge in [0.05, 0.1) is 6.61 Å². The maximum atomic E-state index is 12.6. The monoisotopic (exact) mass is 225 g/mol. The van der Waals surface area contributed by atoms with E-state index < -0.39 is 7.68 Å². The van der Waals surface area contributed by atoms with Crippen LogP contribution >= 0.6 is 7.68 Å². The Morgan fingerprint density at radius 3 is 2.00 bits per heavy atom. The van der Waals surface area contributed by atoms with Crippen molar-refractivity contribution in [3.63, 3.8) is 0 Å². The van der Waals surface area contributed by atoms with Gasteiger partial charge in [0.1, 0.15) is 0 Å². The van der Waals surface area contributed by atoms with Crippen molar-refractivity contribution < 1.29 is 13.3 Å². The standard InChI is InChI=1S/C9H21FNO2P/c1-8(2)11(9(3)4)6-7-13-14(5,10)12/h8-9H,6-7H2,1-5H3. The third-order valence-electron chi connectivity index (χ3n) is 2.00. The van der Waals surface area contributed by atoms with Crippen LogP contribution < -0.4 is 0 Å². The summed E-state index contributed by atoms with van der Waals surface area (Å²) in [6.45, 7) is 10.1. The van der Waals surface area contributed by atoms with E-state index in [-0.39, 0.29) is 6.61 Å². The molecule has 0 heterocycles. The Kier molecular flexibility index (Phi) is 5.87. The predicted octanol–water partition coefficient (Wildman–Crippen LogP) is 2.91. The average Bonchev–Trinajstić information content (AvgIpc) is 1.94. The lowest BCUT2D eigenvalue weighted by atomic mass is 10.2. The molecular weight excluding hydrogens is 204 g/mol. The van der Waals surface area contributed by atoms with Crippen LogP contribution in [0.5, 0.6) is 0 Å². The van der Waals surface area contributed by atoms with E-state index in [0.29, 0.717) is 18.6 Å². The summed E-state index contributed by atoms with van der Waals surface area (Å²) in [5.74, 6) is 0. The first-order chi connectivity index (χ1) is 6.24. The van der Waals surface area contributed by atoms with E-state index >= 15 is 0 Å². The highest BCUT2D eigenvalue weighted by molar-refractivity contribution is 7.52. The van der Waals surface area contributed by atoms with Gasteiger partial charge in [-0.15, -0.1) is 0 Å². The number of hydrogen-bond acceptors (Lipinski definition) is 3. The van der Waals surface area contributed by atoms with E-state index in [1.807, 2.05) is 0 Å². The molecule has 0 spiro atoms. The number of nitrogens with zero attached hydrogens (tertiary/aromatic N) is 1. The summed E-state index contributed by atoms with van der Waals surface area (Å²) in [5.41, 5.74) is 0. The second kappa shape index (κ2) is 5.84. The molecule has 0 rings (SSSR count). The smallest absolute Gasteiger partial charge is 0.304 e. The molecule has 3 nitrogen and oxygen atoms in total. The van der Waals surface area contributed by atoms with Gasteiger partial charge in [-0.2, -0.15) is 4.20 Å². The van der Waals surface area contributed by atoms with Crippen LogP contribution in [-0.4, -0.2) is 36.8 Å². The largest absolute Gasteiger partial charge is 0.364 e. The molecular formula is C9H21FNO2P. The van der Waals surface area contributed by atoms with E-state index in [4.69, 9.17) is 0 Å². The molecule has 0 bridgehead atoms. The predicted molar refractivity (Wildman–Crippen MR) is 57.6 cm³/mol. The second-order valence-electron chi connectivity index (χ2n) is 4.01. The van der Waals surface area contributed by atoms with Crippen LogP contribution in [-0.2, 0) is 9.09 Å². The van der Waals surface area contributed by atoms with Crippen molar-refractivity contribution in [1.29, 1.82) is 0 Å². The molecule has 1 unspecified atom stereocenters. The van der Waals surface area contributed by atoms with Gasteiger partial charge >= 0.3 is 7.68 Å². The quantitative estimate of drug-likeness (QED) is 0.651. The highest BCUT2D eigenvalue weighted by Gasteiger charge is 2.16. The van der Waals surface area contributed by atoms with Gasteiger partial charge < -0.3 is 4.52 Å². The first-order valence-electron chi connectivity index (χ1n) is 4.91. The topological polar surface area (TPSA) is 29.5 Å². The van der Waals surface area contributed by atoms with Crippen molar-refractivity contribution in [2.45, 2.75) is 39.8 Å². The van der Waals surface area contributed by atoms with E-state index in [1.54, 1.807) is 0 Å². The van der Waals surface area contributed by atoms with E-state index in [1.165, 1.54) is 0 Å². The van der Waals surface area contributed by atoms with Crippen LogP contribution in [0.15, 0.2) is 0 Å². The highest BCUT2D eigenvalue weighted by atomic mass is 31.2. The lowest BCUT2D eigenvalue weighted by Gasteiger charge is -2.30. The van der Waals surface area contributed by atoms with Crippen LogP contribution in [0.4, 0.5) is 4.20 Å². The Morgan fingerprint density at radius 1 is 1.29 bits per heavy atom. The molecule has 0 N–H and O–H groups in total. The molecule has 0 aliphatic rings. The van der Waals surface area contributed by atoms with Crippen LogP contribution in [0.3, 0.4) is 0 Å². The summed E-state index contributed by atoms with van der Waals surface area (Å²) >= 11 is 0. The summed E-state index contributed by atoms with van der Waals surface area (Å²) in [6.07, 6.45) is 0. The van der Waals surface area contributed by atoms with Crippen LogP contribution in [0.1, 0.15) is 27.7 Å². The molecule has 0 saturated heterocycles. The maximum absolute atomic E-state index is 12.6. The molecule has 0 aromatic heterocycles. The van der Waals surface area contributed by atoms with E-state index in [0.717, 1.165) is 6.66 Å². The molecule has 0 aromatic carbocycles. The molecule has 0 fully saturated rings. The third-order valence-corrected chi connectivity index (χ3v) is 2.64. The Bertz CT molecular complexity index is 195. The van der Waals surface area contributed by atoms with Crippen molar-refractivity contribution >= 4 is 7.68 Å². The molecule has 0 amide bonds. The molecule has 0 aliphatic heterocycles. The second-order valence-corrected chi connectivity index (χ2v) is 5.76. The normalized spacial score (nSPS) is 16.6. The molecule has 0 aliphatic carbocycles. The molecule has 86 valence electrons. The minimum Gasteiger partial charge on any atom is -0.304 e. The highest BCUT2D eigenvalue weighted by Crippen LogP contribution is 2.43. The lowest BCUT2D eigenvalue weighted by molar-refractivity contribution is 0.140. The van der Waals surface area contributed by atoms with Gasteiger partial charge in [-0.05, 0) is 27.7 Å². The van der Waals surface area contributed by atoms with Gasteiger partial charge in [0, 0.05) is 25.3 Å². The number of rotatable bonds is 6. The summed E-state index contributed by atoms with van der Waals surface area (Å²) < 4.78 is 27.8. The Morgan fingerprint density at radius 2 is 1.71 bits per heavy atom. The zero-order chi connectivity index (χ0) is 11.4. The van der Waals surface area contributed by atoms with E-state index in [9.17, 15) is 8.76 Å². The Labute approximate surface area is 86.2 Å². The number of hydrogen-bond donors (Lipinski definition) is 0. The molecule has 1 atom stereocenters. The summed E-state index contributed by atoms with van der Waals surface area (Å²) in [4.78, 5) is 2.16. The fraction of sp³-hybridized carbons (Fsp3) is 1.00. The van der Waals surface area contributed by atoms with Crippen molar-refractivity contribution in [3.05, 3.63) is 0 Å². The fourth-order valence-electron chi connectivity index (χ4n) is 1.42. The molecule has 5 heteroatoms. The zero-order valence-electron chi connectivity index (χ0n) is 9.66. The van der Waals surface area contributed by atoms with Crippen LogP contribution in [0.2, 0.25) is 0 Å². The first kappa shape index (κ1) is 14.1. The molecule has 14 heavy (non-hydrogen) atoms. The van der Waals surface area contributed by atoms with Crippen LogP contribution in [0.25, 0.3) is 0 Å². The Hall–Kier alpha value is 0.0800. The van der Waals surface area contributed by atoms with E-state index in [2.05, 4.69) is 37.1 Å². The minimum absolute atomic E-state index is 0.181. The van der Waals surface area contributed by atoms with Gasteiger partial charge in [0.15, 0.2) is 0 Å². The minimum atomic E-state index is -3.81. The molecule has 0 aromatic rings. The number of halogens is 1. The van der Waals surface area contributed by atoms with Crippen molar-refractivity contribution in [1.82, 2.24) is 4.90 Å². The van der Waals surface area contributed by atoms with Gasteiger partial charge in [-0.1, -0.05) is 0 Å². The van der Waals surface area contributed by atoms with Crippen molar-refractivity contribution in [2.24, 2.45) is 0 Å². The first-order valence-corrected chi connectivity index (χ1v) is 6.87. The SMILES string of the molecule is CC(C)N(CCOP(C)(=O)F)C(C)C. The van der Waals surface area contributed by atoms with Crippen molar-refractivity contribution in [2.75, 3.05) is 19.8 Å². The maximum Gasteiger partial charge on any atom is 0.364 e. The van der Waals surface area contributed by atoms with Gasteiger partial charge in [-0.3, -0.25) is 9.46 Å². The van der Waals surface area contributed by atoms with Gasteiger partial charge in [0.25, 0.3) is 0 Å². The van der Waals surface area contributed by atoms with Gasteiger partial charge in [-0.25, -0.2) is 0 Å². The summed E-state index contributed by atoms with van der Waals surface area (Å²) in [7, 11) is -3.81. The summed E-state index contributed by atoms with van der Waals surface area (Å²) in [5, 5.41) is 0.